The predicted molar refractivity (Wildman–Crippen MR) is 64.2 cm³/mol. The monoisotopic (exact) mass is 304 g/mol. The average Bonchev–Trinajstić information content (AvgIpc) is 2.21. The van der Waals surface area contributed by atoms with Gasteiger partial charge in [0.05, 0.1) is 6.04 Å². The van der Waals surface area contributed by atoms with Crippen molar-refractivity contribution in [3.05, 3.63) is 0 Å². The molecule has 108 valence electrons. The van der Waals surface area contributed by atoms with Gasteiger partial charge in [-0.3, -0.25) is 9.13 Å². The van der Waals surface area contributed by atoms with Crippen LogP contribution in [0.25, 0.3) is 0 Å². The maximum atomic E-state index is 11.2. The Morgan fingerprint density at radius 3 is 1.83 bits per heavy atom. The minimum Gasteiger partial charge on any atom is -0.366 e. The lowest BCUT2D eigenvalue weighted by molar-refractivity contribution is 0.0986. The fraction of sp³-hybridized carbons (Fsp3) is 0.857. The highest BCUT2D eigenvalue weighted by atomic mass is 31.2. The van der Waals surface area contributed by atoms with Crippen LogP contribution in [0.15, 0.2) is 0 Å². The van der Waals surface area contributed by atoms with Gasteiger partial charge in [0.25, 0.3) is 5.08 Å². The summed E-state index contributed by atoms with van der Waals surface area (Å²) in [5.41, 5.74) is 5.29. The van der Waals surface area contributed by atoms with Crippen molar-refractivity contribution in [2.24, 2.45) is 11.7 Å². The maximum Gasteiger partial charge on any atom is 0.371 e. The molecule has 0 saturated carbocycles. The normalized spacial score (nSPS) is 17.3. The first-order valence-electron chi connectivity index (χ1n) is 4.97. The molecular weight excluding hydrogens is 286 g/mol. The van der Waals surface area contributed by atoms with Crippen molar-refractivity contribution in [2.75, 3.05) is 0 Å². The molecule has 8 N–H and O–H groups in total. The SMILES string of the molecule is CCC(=N)C(C)C(N)C(O)(P(=O)(O)O)P(=O)(O)O. The summed E-state index contributed by atoms with van der Waals surface area (Å²) < 4.78 is 22.3. The lowest BCUT2D eigenvalue weighted by Gasteiger charge is -2.37. The Hall–Kier alpha value is -0.110. The Labute approximate surface area is 104 Å². The lowest BCUT2D eigenvalue weighted by Crippen LogP contribution is -2.52. The second kappa shape index (κ2) is 5.48. The molecule has 0 aliphatic carbocycles. The first kappa shape index (κ1) is 17.9. The van der Waals surface area contributed by atoms with Gasteiger partial charge in [-0.15, -0.1) is 0 Å². The van der Waals surface area contributed by atoms with Crippen LogP contribution >= 0.6 is 15.2 Å². The van der Waals surface area contributed by atoms with Gasteiger partial charge < -0.3 is 35.8 Å². The van der Waals surface area contributed by atoms with E-state index < -0.39 is 32.2 Å². The van der Waals surface area contributed by atoms with Gasteiger partial charge in [0.2, 0.25) is 0 Å². The zero-order valence-electron chi connectivity index (χ0n) is 9.89. The van der Waals surface area contributed by atoms with E-state index >= 15 is 0 Å². The van der Waals surface area contributed by atoms with Crippen molar-refractivity contribution in [1.29, 1.82) is 5.41 Å². The summed E-state index contributed by atoms with van der Waals surface area (Å²) in [7, 11) is -11.2. The van der Waals surface area contributed by atoms with E-state index in [4.69, 9.17) is 30.7 Å². The molecule has 0 aliphatic heterocycles. The number of nitrogens with one attached hydrogen (secondary N) is 1. The van der Waals surface area contributed by atoms with E-state index in [0.29, 0.717) is 0 Å². The van der Waals surface area contributed by atoms with E-state index in [1.165, 1.54) is 6.92 Å². The van der Waals surface area contributed by atoms with Gasteiger partial charge in [-0.05, 0) is 6.42 Å². The zero-order valence-corrected chi connectivity index (χ0v) is 11.7. The first-order chi connectivity index (χ1) is 7.80. The molecule has 0 bridgehead atoms. The van der Waals surface area contributed by atoms with Crippen LogP contribution in [-0.4, -0.2) is 41.5 Å². The quantitative estimate of drug-likeness (QED) is 0.250. The molecule has 0 heterocycles. The maximum absolute atomic E-state index is 11.2. The molecule has 18 heavy (non-hydrogen) atoms. The Morgan fingerprint density at radius 2 is 1.61 bits per heavy atom. The minimum absolute atomic E-state index is 0.0807. The summed E-state index contributed by atoms with van der Waals surface area (Å²) >= 11 is 0. The van der Waals surface area contributed by atoms with Crippen LogP contribution in [0.1, 0.15) is 20.3 Å². The number of rotatable bonds is 6. The molecule has 0 saturated heterocycles. The Kier molecular flexibility index (Phi) is 5.45. The van der Waals surface area contributed by atoms with E-state index in [1.54, 1.807) is 6.92 Å². The van der Waals surface area contributed by atoms with E-state index in [1.807, 2.05) is 0 Å². The number of nitrogens with two attached hydrogens (primary N) is 1. The molecule has 0 fully saturated rings. The topological polar surface area (TPSA) is 185 Å². The third kappa shape index (κ3) is 3.07. The van der Waals surface area contributed by atoms with Crippen molar-refractivity contribution >= 4 is 20.9 Å². The van der Waals surface area contributed by atoms with Crippen molar-refractivity contribution in [3.8, 4) is 0 Å². The van der Waals surface area contributed by atoms with Crippen LogP contribution in [0.2, 0.25) is 0 Å². The summed E-state index contributed by atoms with van der Waals surface area (Å²) in [5.74, 6) is -1.10. The Morgan fingerprint density at radius 1 is 1.28 bits per heavy atom. The smallest absolute Gasteiger partial charge is 0.366 e. The van der Waals surface area contributed by atoms with Crippen LogP contribution in [0.4, 0.5) is 0 Å². The molecule has 11 heteroatoms. The van der Waals surface area contributed by atoms with Crippen molar-refractivity contribution in [3.63, 3.8) is 0 Å². The Bertz CT molecular complexity index is 392. The van der Waals surface area contributed by atoms with Gasteiger partial charge in [0.15, 0.2) is 0 Å². The van der Waals surface area contributed by atoms with E-state index in [-0.39, 0.29) is 12.1 Å². The molecule has 0 aromatic heterocycles. The van der Waals surface area contributed by atoms with E-state index in [9.17, 15) is 14.2 Å². The lowest BCUT2D eigenvalue weighted by atomic mass is 9.96. The summed E-state index contributed by atoms with van der Waals surface area (Å²) in [6.45, 7) is 2.83. The highest BCUT2D eigenvalue weighted by Gasteiger charge is 2.64. The molecule has 0 amide bonds. The van der Waals surface area contributed by atoms with Gasteiger partial charge >= 0.3 is 15.2 Å². The van der Waals surface area contributed by atoms with E-state index in [2.05, 4.69) is 0 Å². The molecule has 0 radical (unpaired) electrons. The third-order valence-electron chi connectivity index (χ3n) is 2.77. The molecule has 0 aromatic rings. The Balaban J connectivity index is 5.73. The number of hydrogen-bond donors (Lipinski definition) is 7. The number of hydrogen-bond acceptors (Lipinski definition) is 5. The van der Waals surface area contributed by atoms with Crippen molar-refractivity contribution < 1.29 is 33.8 Å². The fourth-order valence-electron chi connectivity index (χ4n) is 1.43. The van der Waals surface area contributed by atoms with Crippen LogP contribution in [0, 0.1) is 11.3 Å². The molecule has 2 atom stereocenters. The second-order valence-corrected chi connectivity index (χ2v) is 7.86. The van der Waals surface area contributed by atoms with Gasteiger partial charge in [0.1, 0.15) is 0 Å². The average molecular weight is 304 g/mol. The molecule has 9 nitrogen and oxygen atoms in total. The summed E-state index contributed by atoms with van der Waals surface area (Å²) in [6, 6.07) is -1.97. The van der Waals surface area contributed by atoms with Crippen LogP contribution < -0.4 is 5.73 Å². The van der Waals surface area contributed by atoms with Crippen LogP contribution in [0.3, 0.4) is 0 Å². The van der Waals surface area contributed by atoms with Crippen LogP contribution in [-0.2, 0) is 9.13 Å². The van der Waals surface area contributed by atoms with Gasteiger partial charge in [-0.2, -0.15) is 0 Å². The second-order valence-electron chi connectivity index (χ2n) is 3.97. The van der Waals surface area contributed by atoms with Crippen molar-refractivity contribution in [1.82, 2.24) is 0 Å². The van der Waals surface area contributed by atoms with Crippen molar-refractivity contribution in [2.45, 2.75) is 31.4 Å². The van der Waals surface area contributed by atoms with Gasteiger partial charge in [-0.25, -0.2) is 0 Å². The minimum atomic E-state index is -5.60. The fourth-order valence-corrected chi connectivity index (χ4v) is 4.01. The molecule has 2 unspecified atom stereocenters. The first-order valence-corrected chi connectivity index (χ1v) is 8.19. The third-order valence-corrected chi connectivity index (χ3v) is 6.65. The molecular formula is C7H18N2O7P2. The standard InChI is InChI=1S/C7H18N2O7P2/c1-3-5(8)4(2)6(9)7(10,17(11,12)13)18(14,15)16/h4,6,8,10H,3,9H2,1-2H3,(H2,11,12,13)(H2,14,15,16). The van der Waals surface area contributed by atoms with Gasteiger partial charge in [-0.1, -0.05) is 13.8 Å². The molecule has 0 rings (SSSR count). The molecule has 0 aromatic carbocycles. The predicted octanol–water partition coefficient (Wildman–Crippen LogP) is -0.619. The summed E-state index contributed by atoms with van der Waals surface area (Å²) in [4.78, 5) is 35.9. The van der Waals surface area contributed by atoms with E-state index in [0.717, 1.165) is 0 Å². The zero-order chi connectivity index (χ0) is 14.9. The van der Waals surface area contributed by atoms with Crippen LogP contribution in [0.5, 0.6) is 0 Å². The highest BCUT2D eigenvalue weighted by molar-refractivity contribution is 7.72. The van der Waals surface area contributed by atoms with Gasteiger partial charge in [0, 0.05) is 11.6 Å². The summed E-state index contributed by atoms with van der Waals surface area (Å²) in [6.07, 6.45) is 0.174. The summed E-state index contributed by atoms with van der Waals surface area (Å²) in [5, 5.41) is 13.5. The largest absolute Gasteiger partial charge is 0.371 e. The molecule has 0 aliphatic rings. The molecule has 0 spiro atoms. The highest BCUT2D eigenvalue weighted by Crippen LogP contribution is 2.69. The number of aliphatic hydroxyl groups is 1.